The number of thiocarbonyl (C=S) groups is 1. The molecule has 1 fully saturated rings. The van der Waals surface area contributed by atoms with Crippen molar-refractivity contribution < 1.29 is 34.2 Å². The second-order valence-electron chi connectivity index (χ2n) is 8.76. The van der Waals surface area contributed by atoms with Gasteiger partial charge in [0, 0.05) is 0 Å². The second-order valence-corrected chi connectivity index (χ2v) is 17.5. The summed E-state index contributed by atoms with van der Waals surface area (Å²) in [6, 6.07) is 25.5. The molecule has 0 radical (unpaired) electrons. The summed E-state index contributed by atoms with van der Waals surface area (Å²) >= 11 is 9.39. The molecule has 4 aromatic rings. The maximum absolute atomic E-state index is 14.0. The number of hydrogen-bond donors (Lipinski definition) is 0. The van der Waals surface area contributed by atoms with Crippen LogP contribution in [0.1, 0.15) is 5.69 Å². The molecular weight excluding hydrogens is 696 g/mol. The van der Waals surface area contributed by atoms with Crippen LogP contribution in [0.25, 0.3) is 5.69 Å². The van der Waals surface area contributed by atoms with E-state index in [2.05, 4.69) is 0 Å². The summed E-state index contributed by atoms with van der Waals surface area (Å²) in [6.45, 7) is 1.77. The zero-order chi connectivity index (χ0) is 26.3. The van der Waals surface area contributed by atoms with E-state index in [0.717, 1.165) is 3.07 Å². The number of nitrogens with zero attached hydrogens (tertiary/aromatic N) is 4. The van der Waals surface area contributed by atoms with Crippen LogP contribution < -0.4 is 18.4 Å². The minimum absolute atomic E-state index is 0.0204. The fraction of sp³-hybridized carbons (Fsp3) is 0.111. The second kappa shape index (κ2) is 10.4. The number of anilines is 2. The van der Waals surface area contributed by atoms with Crippen molar-refractivity contribution in [2.45, 2.75) is 10.4 Å². The molecule has 0 bridgehead atoms. The fourth-order valence-corrected chi connectivity index (χ4v) is 11.7. The Balaban J connectivity index is 1.66. The summed E-state index contributed by atoms with van der Waals surface area (Å²) in [5.74, 6) is -0.782. The van der Waals surface area contributed by atoms with Crippen molar-refractivity contribution in [1.82, 2.24) is 9.36 Å². The van der Waals surface area contributed by atoms with Gasteiger partial charge < -0.3 is 0 Å². The quantitative estimate of drug-likeness (QED) is 0.178. The standard InChI is InChI=1S/C21H17N4O3S.C6H4Cl.Hg/c1-14-19(20(28)25(22(14)2)16-11-7-4-8-12-16)24-18(27)13-17(26)23(21(24)29)15-9-5-3-6-10-15;7-6-4-2-1-3-5-6;/h3-13H,1-2H3;2-5H;. The van der Waals surface area contributed by atoms with Crippen LogP contribution in [0.3, 0.4) is 0 Å². The average molecular weight is 718 g/mol. The monoisotopic (exact) mass is 718 g/mol. The van der Waals surface area contributed by atoms with E-state index in [1.54, 1.807) is 55.1 Å². The third kappa shape index (κ3) is 4.58. The maximum atomic E-state index is 14.0. The molecule has 1 aliphatic heterocycles. The van der Waals surface area contributed by atoms with E-state index in [-0.39, 0.29) is 22.3 Å². The summed E-state index contributed by atoms with van der Waals surface area (Å²) in [5.41, 5.74) is 1.55. The molecule has 1 aliphatic rings. The molecule has 0 N–H and O–H groups in total. The van der Waals surface area contributed by atoms with Crippen LogP contribution in [0.2, 0.25) is 8.45 Å². The molecular formula is C27H21ClHgN4O3S. The van der Waals surface area contributed by atoms with Gasteiger partial charge in [-0.05, 0) is 0 Å². The first-order chi connectivity index (χ1) is 17.8. The molecule has 0 saturated carbocycles. The van der Waals surface area contributed by atoms with E-state index in [1.807, 2.05) is 48.5 Å². The summed E-state index contributed by atoms with van der Waals surface area (Å²) in [5, 5.41) is 0.571. The SMILES string of the molecule is Cc1c(N2C(=O)[CH]([Hg][c]3ccc(Cl)cc3)C(=O)N(c3ccccc3)C2=S)c(=O)n(-c2ccccc2)n1C. The summed E-state index contributed by atoms with van der Waals surface area (Å²) < 4.78 is 3.33. The average Bonchev–Trinajstić information content (AvgIpc) is 3.12. The molecule has 182 valence electrons. The first-order valence-corrected chi connectivity index (χ1v) is 18.4. The number of hydrogen-bond acceptors (Lipinski definition) is 4. The van der Waals surface area contributed by atoms with Crippen LogP contribution in [-0.2, 0) is 41.2 Å². The van der Waals surface area contributed by atoms with Crippen molar-refractivity contribution >= 4 is 55.2 Å². The minimum atomic E-state index is -2.41. The van der Waals surface area contributed by atoms with E-state index >= 15 is 0 Å². The van der Waals surface area contributed by atoms with Crippen LogP contribution in [0.5, 0.6) is 0 Å². The molecule has 10 heteroatoms. The zero-order valence-electron chi connectivity index (χ0n) is 20.2. The van der Waals surface area contributed by atoms with Crippen molar-refractivity contribution in [3.8, 4) is 5.69 Å². The van der Waals surface area contributed by atoms with Gasteiger partial charge in [-0.25, -0.2) is 0 Å². The molecule has 1 atom stereocenters. The number of aromatic nitrogens is 2. The van der Waals surface area contributed by atoms with Crippen LogP contribution >= 0.6 is 23.8 Å². The molecule has 1 aromatic heterocycles. The van der Waals surface area contributed by atoms with Gasteiger partial charge in [0.25, 0.3) is 0 Å². The third-order valence-electron chi connectivity index (χ3n) is 6.53. The number of amides is 2. The molecule has 0 aliphatic carbocycles. The normalized spacial score (nSPS) is 15.8. The number of benzene rings is 3. The summed E-state index contributed by atoms with van der Waals surface area (Å²) in [6.07, 6.45) is 0. The Kier molecular flexibility index (Phi) is 7.16. The van der Waals surface area contributed by atoms with Gasteiger partial charge in [-0.2, -0.15) is 0 Å². The van der Waals surface area contributed by atoms with Crippen molar-refractivity contribution in [3.05, 3.63) is 106 Å². The van der Waals surface area contributed by atoms with Gasteiger partial charge in [-0.1, -0.05) is 0 Å². The first-order valence-electron chi connectivity index (χ1n) is 11.6. The Bertz CT molecular complexity index is 1570. The number of rotatable bonds is 5. The van der Waals surface area contributed by atoms with Crippen LogP contribution in [-0.4, -0.2) is 26.3 Å². The first kappa shape index (κ1) is 25.6. The Labute approximate surface area is 236 Å². The zero-order valence-corrected chi connectivity index (χ0v) is 27.2. The predicted octanol–water partition coefficient (Wildman–Crippen LogP) is 4.00. The Morgan fingerprint density at radius 2 is 1.32 bits per heavy atom. The van der Waals surface area contributed by atoms with Gasteiger partial charge in [-0.3, -0.25) is 0 Å². The molecule has 37 heavy (non-hydrogen) atoms. The molecule has 0 spiro atoms. The van der Waals surface area contributed by atoms with E-state index in [1.165, 1.54) is 14.5 Å². The van der Waals surface area contributed by atoms with Gasteiger partial charge in [-0.15, -0.1) is 0 Å². The van der Waals surface area contributed by atoms with Crippen LogP contribution in [0.15, 0.2) is 89.7 Å². The Hall–Kier alpha value is -3.07. The Morgan fingerprint density at radius 1 is 0.784 bits per heavy atom. The summed E-state index contributed by atoms with van der Waals surface area (Å²) in [4.78, 5) is 44.3. The molecule has 2 heterocycles. The van der Waals surface area contributed by atoms with Crippen molar-refractivity contribution in [2.24, 2.45) is 7.05 Å². The number of para-hydroxylation sites is 2. The van der Waals surface area contributed by atoms with Gasteiger partial charge in [0.05, 0.1) is 0 Å². The number of halogens is 1. The molecule has 1 unspecified atom stereocenters. The number of carbonyl (C=O) groups is 2. The Morgan fingerprint density at radius 3 is 1.92 bits per heavy atom. The summed E-state index contributed by atoms with van der Waals surface area (Å²) in [7, 11) is 1.76. The van der Waals surface area contributed by atoms with Crippen LogP contribution in [0.4, 0.5) is 11.4 Å². The van der Waals surface area contributed by atoms with E-state index in [4.69, 9.17) is 23.8 Å². The molecule has 1 saturated heterocycles. The van der Waals surface area contributed by atoms with E-state index in [0.29, 0.717) is 22.1 Å². The predicted molar refractivity (Wildman–Crippen MR) is 145 cm³/mol. The van der Waals surface area contributed by atoms with Crippen molar-refractivity contribution in [1.29, 1.82) is 0 Å². The molecule has 5 rings (SSSR count). The number of carbonyl (C=O) groups excluding carboxylic acids is 2. The molecule has 7 nitrogen and oxygen atoms in total. The van der Waals surface area contributed by atoms with E-state index < -0.39 is 33.9 Å². The van der Waals surface area contributed by atoms with Gasteiger partial charge in [0.2, 0.25) is 0 Å². The fourth-order valence-electron chi connectivity index (χ4n) is 4.57. The van der Waals surface area contributed by atoms with Crippen molar-refractivity contribution in [3.63, 3.8) is 0 Å². The third-order valence-corrected chi connectivity index (χ3v) is 15.1. The molecule has 2 amide bonds. The van der Waals surface area contributed by atoms with Gasteiger partial charge >= 0.3 is 238 Å². The molecule has 3 aromatic carbocycles. The van der Waals surface area contributed by atoms with Gasteiger partial charge in [0.1, 0.15) is 0 Å². The van der Waals surface area contributed by atoms with E-state index in [9.17, 15) is 14.4 Å². The van der Waals surface area contributed by atoms with Crippen molar-refractivity contribution in [2.75, 3.05) is 9.80 Å². The van der Waals surface area contributed by atoms with Crippen LogP contribution in [0, 0.1) is 6.92 Å². The van der Waals surface area contributed by atoms with Gasteiger partial charge in [0.15, 0.2) is 0 Å². The topological polar surface area (TPSA) is 67.6 Å².